The van der Waals surface area contributed by atoms with E-state index in [2.05, 4.69) is 41.5 Å². The van der Waals surface area contributed by atoms with Gasteiger partial charge in [-0.25, -0.2) is 9.80 Å². The molecule has 2 aliphatic rings. The fourth-order valence-electron chi connectivity index (χ4n) is 7.76. The maximum atomic E-state index is 14.8. The lowest BCUT2D eigenvalue weighted by molar-refractivity contribution is 0.0874. The number of imide groups is 2. The van der Waals surface area contributed by atoms with Crippen LogP contribution in [-0.4, -0.2) is 60.6 Å². The van der Waals surface area contributed by atoms with Crippen LogP contribution < -0.4 is 20.4 Å². The highest BCUT2D eigenvalue weighted by Gasteiger charge is 2.51. The van der Waals surface area contributed by atoms with Crippen molar-refractivity contribution < 1.29 is 19.2 Å². The van der Waals surface area contributed by atoms with Crippen LogP contribution in [0.25, 0.3) is 10.8 Å². The number of nitrogens with zero attached hydrogens (tertiary/aromatic N) is 2. The van der Waals surface area contributed by atoms with Crippen LogP contribution in [0.4, 0.5) is 11.4 Å². The molecule has 2 aliphatic heterocycles. The number of carbonyl (C=O) groups is 4. The maximum Gasteiger partial charge on any atom is 0.269 e. The maximum absolute atomic E-state index is 14.8. The molecule has 0 aromatic heterocycles. The topological polar surface area (TPSA) is 74.8 Å². The highest BCUT2D eigenvalue weighted by molar-refractivity contribution is 7.83. The number of anilines is 2. The third-order valence-electron chi connectivity index (χ3n) is 10.7. The van der Waals surface area contributed by atoms with Crippen LogP contribution in [0.3, 0.4) is 0 Å². The summed E-state index contributed by atoms with van der Waals surface area (Å²) in [6.45, 7) is 13.0. The molecule has 0 spiro atoms. The Hall–Kier alpha value is -3.72. The Kier molecular flexibility index (Phi) is 8.51. The van der Waals surface area contributed by atoms with Gasteiger partial charge >= 0.3 is 0 Å². The Morgan fingerprint density at radius 3 is 1.04 bits per heavy atom. The Bertz CT molecular complexity index is 1740. The molecular formula is C38H42N2O4P2+2. The minimum absolute atomic E-state index is 0.378. The van der Waals surface area contributed by atoms with E-state index in [1.807, 2.05) is 48.5 Å². The second-order valence-corrected chi connectivity index (χ2v) is 21.5. The molecule has 0 radical (unpaired) electrons. The van der Waals surface area contributed by atoms with Gasteiger partial charge in [-0.1, -0.05) is 36.4 Å². The van der Waals surface area contributed by atoms with Crippen LogP contribution in [0, 0.1) is 0 Å². The number of rotatable bonds is 10. The lowest BCUT2D eigenvalue weighted by atomic mass is 9.85. The van der Waals surface area contributed by atoms with Crippen molar-refractivity contribution in [3.05, 3.63) is 95.1 Å². The van der Waals surface area contributed by atoms with Crippen molar-refractivity contribution in [2.24, 2.45) is 0 Å². The van der Waals surface area contributed by atoms with Crippen LogP contribution >= 0.6 is 14.5 Å². The van der Waals surface area contributed by atoms with Gasteiger partial charge in [0.15, 0.2) is 0 Å². The lowest BCUT2D eigenvalue weighted by Gasteiger charge is -2.37. The molecule has 0 atom stereocenters. The zero-order valence-electron chi connectivity index (χ0n) is 27.6. The van der Waals surface area contributed by atoms with E-state index in [-0.39, 0.29) is 11.8 Å². The van der Waals surface area contributed by atoms with Crippen molar-refractivity contribution in [1.29, 1.82) is 0 Å². The molecule has 6 nitrogen and oxygen atoms in total. The van der Waals surface area contributed by atoms with E-state index in [1.165, 1.54) is 9.80 Å². The minimum Gasteiger partial charge on any atom is -0.268 e. The molecule has 46 heavy (non-hydrogen) atoms. The highest BCUT2D eigenvalue weighted by atomic mass is 31.2. The monoisotopic (exact) mass is 652 g/mol. The van der Waals surface area contributed by atoms with Crippen LogP contribution in [0.15, 0.2) is 72.8 Å². The van der Waals surface area contributed by atoms with Crippen molar-refractivity contribution in [2.45, 2.75) is 41.5 Å². The number of carbonyl (C=O) groups excluding carboxylic acids is 4. The molecule has 4 aromatic rings. The SMILES string of the molecule is CC[P+](CC)(CC)c1cc2c3c(c([P+](CC)(CC)CC)cc4c3c1C(=O)N(c1ccccc1)C4=O)C(=O)N(c1ccccc1)C2=O. The van der Waals surface area contributed by atoms with Crippen LogP contribution in [0.2, 0.25) is 0 Å². The van der Waals surface area contributed by atoms with Gasteiger partial charge in [0, 0.05) is 25.3 Å². The van der Waals surface area contributed by atoms with Crippen molar-refractivity contribution in [2.75, 3.05) is 46.8 Å². The number of hydrogen-bond donors (Lipinski definition) is 0. The number of hydrogen-bond acceptors (Lipinski definition) is 4. The third-order valence-corrected chi connectivity index (χ3v) is 20.8. The van der Waals surface area contributed by atoms with E-state index in [0.29, 0.717) is 44.4 Å². The summed E-state index contributed by atoms with van der Waals surface area (Å²) in [5, 5.41) is 2.76. The summed E-state index contributed by atoms with van der Waals surface area (Å²) in [6.07, 6.45) is 5.15. The van der Waals surface area contributed by atoms with Gasteiger partial charge in [0.25, 0.3) is 23.6 Å². The molecular weight excluding hydrogens is 610 g/mol. The first-order valence-corrected chi connectivity index (χ1v) is 21.2. The Morgan fingerprint density at radius 2 is 0.761 bits per heavy atom. The molecule has 0 N–H and O–H groups in total. The average molecular weight is 653 g/mol. The average Bonchev–Trinajstić information content (AvgIpc) is 3.09. The summed E-state index contributed by atoms with van der Waals surface area (Å²) in [5.74, 6) is -1.56. The summed E-state index contributed by atoms with van der Waals surface area (Å²) < 4.78 is 0. The van der Waals surface area contributed by atoms with Gasteiger partial charge in [-0.3, -0.25) is 19.2 Å². The van der Waals surface area contributed by atoms with Gasteiger partial charge < -0.3 is 0 Å². The van der Waals surface area contributed by atoms with E-state index in [0.717, 1.165) is 47.6 Å². The molecule has 4 aromatic carbocycles. The molecule has 0 saturated carbocycles. The molecule has 0 unspecified atom stereocenters. The zero-order chi connectivity index (χ0) is 33.0. The Morgan fingerprint density at radius 1 is 0.457 bits per heavy atom. The fraction of sp³-hybridized carbons (Fsp3) is 0.316. The summed E-state index contributed by atoms with van der Waals surface area (Å²) in [6, 6.07) is 22.1. The second kappa shape index (κ2) is 12.1. The lowest BCUT2D eigenvalue weighted by Crippen LogP contribution is -2.48. The van der Waals surface area contributed by atoms with Crippen molar-refractivity contribution in [3.63, 3.8) is 0 Å². The largest absolute Gasteiger partial charge is 0.269 e. The standard InChI is InChI=1S/C38H42N2O4P2/c1-7-45(8-2,9-3)29-23-27-32-31-28(36(42)39(37(43)33(29)31)25-19-15-13-16-20-25)24-30(46(10-4,11-5)12-6)34(32)38(44)40(35(27)41)26-21-17-14-18-22-26/h13-24H,7-12H2,1-6H3/q+2. The molecule has 2 heterocycles. The van der Waals surface area contributed by atoms with Gasteiger partial charge in [0.2, 0.25) is 0 Å². The van der Waals surface area contributed by atoms with Gasteiger partial charge in [0.1, 0.15) is 10.6 Å². The Balaban J connectivity index is 1.85. The predicted octanol–water partition coefficient (Wildman–Crippen LogP) is 7.85. The second-order valence-electron chi connectivity index (χ2n) is 12.1. The van der Waals surface area contributed by atoms with Gasteiger partial charge in [-0.05, 0) is 77.9 Å². The van der Waals surface area contributed by atoms with E-state index in [4.69, 9.17) is 0 Å². The zero-order valence-corrected chi connectivity index (χ0v) is 29.4. The molecule has 4 amide bonds. The molecule has 6 rings (SSSR count). The third kappa shape index (κ3) is 4.44. The van der Waals surface area contributed by atoms with E-state index in [9.17, 15) is 19.2 Å². The smallest absolute Gasteiger partial charge is 0.268 e. The van der Waals surface area contributed by atoms with Gasteiger partial charge in [0.05, 0.1) is 70.6 Å². The summed E-state index contributed by atoms with van der Waals surface area (Å²) in [4.78, 5) is 61.5. The fourth-order valence-corrected chi connectivity index (χ4v) is 14.7. The molecule has 236 valence electrons. The predicted molar refractivity (Wildman–Crippen MR) is 195 cm³/mol. The molecule has 0 fully saturated rings. The van der Waals surface area contributed by atoms with Gasteiger partial charge in [-0.2, -0.15) is 0 Å². The first-order chi connectivity index (χ1) is 22.2. The number of benzene rings is 4. The van der Waals surface area contributed by atoms with Gasteiger partial charge in [-0.15, -0.1) is 0 Å². The minimum atomic E-state index is -1.94. The van der Waals surface area contributed by atoms with Crippen molar-refractivity contribution in [1.82, 2.24) is 0 Å². The molecule has 8 heteroatoms. The van der Waals surface area contributed by atoms with Crippen molar-refractivity contribution >= 4 is 70.9 Å². The molecule has 0 bridgehead atoms. The first kappa shape index (κ1) is 32.2. The Labute approximate surface area is 272 Å². The quantitative estimate of drug-likeness (QED) is 0.129. The number of amides is 4. The first-order valence-electron chi connectivity index (χ1n) is 16.5. The van der Waals surface area contributed by atoms with Crippen LogP contribution in [0.1, 0.15) is 83.0 Å². The number of para-hydroxylation sites is 2. The normalized spacial score (nSPS) is 14.9. The van der Waals surface area contributed by atoms with E-state index >= 15 is 0 Å². The van der Waals surface area contributed by atoms with Crippen LogP contribution in [0.5, 0.6) is 0 Å². The van der Waals surface area contributed by atoms with E-state index in [1.54, 1.807) is 24.3 Å². The van der Waals surface area contributed by atoms with Crippen LogP contribution in [-0.2, 0) is 0 Å². The summed E-state index contributed by atoms with van der Waals surface area (Å²) >= 11 is 0. The summed E-state index contributed by atoms with van der Waals surface area (Å²) in [7, 11) is -3.89. The molecule has 0 aliphatic carbocycles. The van der Waals surface area contributed by atoms with E-state index < -0.39 is 26.3 Å². The molecule has 0 saturated heterocycles. The van der Waals surface area contributed by atoms with Crippen molar-refractivity contribution in [3.8, 4) is 0 Å². The highest BCUT2D eigenvalue weighted by Crippen LogP contribution is 2.61. The summed E-state index contributed by atoms with van der Waals surface area (Å²) in [5.41, 5.74) is 2.86.